The smallest absolute Gasteiger partial charge is 1.00 e. The first-order valence-corrected chi connectivity index (χ1v) is 2.68. The Morgan fingerprint density at radius 2 is 1.00 bits per heavy atom. The molecular weight excluding hydrogens is 262 g/mol. The van der Waals surface area contributed by atoms with Gasteiger partial charge in [-0.25, -0.2) is 0 Å². The summed E-state index contributed by atoms with van der Waals surface area (Å²) >= 11 is 0. The van der Waals surface area contributed by atoms with Gasteiger partial charge >= 0.3 is 99.4 Å². The Kier molecular flexibility index (Phi) is 69.4. The van der Waals surface area contributed by atoms with Crippen LogP contribution in [0.5, 0.6) is 0 Å². The molecule has 0 spiro atoms. The van der Waals surface area contributed by atoms with Crippen LogP contribution in [0.1, 0.15) is 7.13 Å². The molecule has 0 aromatic rings. The van der Waals surface area contributed by atoms with Crippen LogP contribution in [0.15, 0.2) is 0 Å². The van der Waals surface area contributed by atoms with E-state index in [0.717, 1.165) is 0 Å². The minimum atomic E-state index is -4.61. The van der Waals surface area contributed by atoms with E-state index in [9.17, 15) is 0 Å². The molecular formula is H12AlCaFeMgNaO4Si. The number of hydrogen-bond donors (Lipinski definition) is 4. The van der Waals surface area contributed by atoms with Crippen molar-refractivity contribution in [2.24, 2.45) is 0 Å². The van der Waals surface area contributed by atoms with Crippen LogP contribution in [0.4, 0.5) is 0 Å². The van der Waals surface area contributed by atoms with Crippen molar-refractivity contribution in [1.29, 1.82) is 0 Å². The molecule has 0 aromatic carbocycles. The van der Waals surface area contributed by atoms with Crippen LogP contribution in [0, 0.1) is 0 Å². The van der Waals surface area contributed by atoms with Gasteiger partial charge < -0.3 is 26.3 Å². The molecule has 0 aromatic heterocycles. The Hall–Kier alpha value is 4.13. The van der Waals surface area contributed by atoms with Gasteiger partial charge in [-0.3, -0.25) is 0 Å². The Balaban J connectivity index is -0.00000000178. The third-order valence-electron chi connectivity index (χ3n) is 0. The molecule has 0 aliphatic heterocycles. The first-order valence-electron chi connectivity index (χ1n) is 0.894. The number of rotatable bonds is 0. The Morgan fingerprint density at radius 3 is 1.00 bits per heavy atom. The van der Waals surface area contributed by atoms with Gasteiger partial charge in [0.1, 0.15) is 0 Å². The average molecular weight is 274 g/mol. The van der Waals surface area contributed by atoms with E-state index >= 15 is 0 Å². The van der Waals surface area contributed by atoms with E-state index in [2.05, 4.69) is 0 Å². The predicted octanol–water partition coefficient (Wildman–Crippen LogP) is -6.99. The molecule has 0 saturated carbocycles. The van der Waals surface area contributed by atoms with Gasteiger partial charge in [-0.05, 0) is 0 Å². The summed E-state index contributed by atoms with van der Waals surface area (Å²) in [7, 11) is -4.61. The molecule has 0 amide bonds. The second-order valence-electron chi connectivity index (χ2n) is 0.600. The van der Waals surface area contributed by atoms with E-state index in [-0.39, 0.29) is 132 Å². The maximum Gasteiger partial charge on any atom is 2.00 e. The summed E-state index contributed by atoms with van der Waals surface area (Å²) < 4.78 is 0. The molecule has 0 saturated heterocycles. The van der Waals surface area contributed by atoms with Crippen LogP contribution in [0.2, 0.25) is 0 Å². The van der Waals surface area contributed by atoms with Gasteiger partial charge in [0.05, 0.1) is 0 Å². The fourth-order valence-corrected chi connectivity index (χ4v) is 0. The molecule has 0 bridgehead atoms. The molecule has 0 aliphatic carbocycles. The molecule has 0 aliphatic rings. The fourth-order valence-electron chi connectivity index (χ4n) is 0. The predicted molar refractivity (Wildman–Crippen MR) is 41.6 cm³/mol. The van der Waals surface area contributed by atoms with Gasteiger partial charge in [0, 0.05) is 17.1 Å². The summed E-state index contributed by atoms with van der Waals surface area (Å²) in [6.07, 6.45) is 0. The van der Waals surface area contributed by atoms with Crippen LogP contribution in [0.3, 0.4) is 0 Å². The third kappa shape index (κ3) is 88.0. The average Bonchev–Trinajstić information content (AvgIpc) is 0.722. The van der Waals surface area contributed by atoms with Crippen LogP contribution in [-0.4, -0.2) is 106 Å². The van der Waals surface area contributed by atoms with Gasteiger partial charge in [-0.2, -0.15) is 0 Å². The van der Waals surface area contributed by atoms with Crippen molar-refractivity contribution in [3.8, 4) is 0 Å². The van der Waals surface area contributed by atoms with Gasteiger partial charge in [0.15, 0.2) is 17.4 Å². The first kappa shape index (κ1) is 36.9. The van der Waals surface area contributed by atoms with E-state index in [1.807, 2.05) is 0 Å². The van der Waals surface area contributed by atoms with Crippen LogP contribution in [0.25, 0.3) is 0 Å². The molecule has 56 valence electrons. The Morgan fingerprint density at radius 1 is 1.00 bits per heavy atom. The molecule has 4 nitrogen and oxygen atoms in total. The van der Waals surface area contributed by atoms with Crippen molar-refractivity contribution in [3.05, 3.63) is 0 Å². The minimum absolute atomic E-state index is 0. The first-order chi connectivity index (χ1) is 2.00. The van der Waals surface area contributed by atoms with E-state index in [1.54, 1.807) is 0 Å². The van der Waals surface area contributed by atoms with Crippen molar-refractivity contribution >= 4 is 87.2 Å². The van der Waals surface area contributed by atoms with E-state index in [0.29, 0.717) is 0 Å². The Labute approximate surface area is 157 Å². The van der Waals surface area contributed by atoms with Crippen LogP contribution < -0.4 is 29.6 Å². The summed E-state index contributed by atoms with van der Waals surface area (Å²) in [6, 6.07) is 0. The van der Waals surface area contributed by atoms with Crippen molar-refractivity contribution in [1.82, 2.24) is 0 Å². The van der Waals surface area contributed by atoms with Crippen LogP contribution >= 0.6 is 0 Å². The largest absolute Gasteiger partial charge is 2.00 e. The van der Waals surface area contributed by atoms with Crippen LogP contribution in [-0.2, 0) is 17.1 Å². The molecule has 10 heavy (non-hydrogen) atoms. The zero-order chi connectivity index (χ0) is 4.50. The standard InChI is InChI=1S/Al.Ca.Fe.Mg.Na.H4O4Si.8H/c;;;;;1-5(2,3)4;;;;;;;;/h;;;;;1-4H;;;;;;;;/q;+2;;+2;+1;;;;;5*-1. The zero-order valence-electron chi connectivity index (χ0n) is 10.1. The van der Waals surface area contributed by atoms with Crippen molar-refractivity contribution in [2.45, 2.75) is 0 Å². The van der Waals surface area contributed by atoms with Gasteiger partial charge in [0.25, 0.3) is 0 Å². The molecule has 0 rings (SSSR count). The van der Waals surface area contributed by atoms with Crippen molar-refractivity contribution in [3.63, 3.8) is 0 Å². The summed E-state index contributed by atoms with van der Waals surface area (Å²) in [5.74, 6) is 0. The quantitative estimate of drug-likeness (QED) is 0.331. The normalized spacial score (nSPS) is 6.00. The second-order valence-corrected chi connectivity index (χ2v) is 1.80. The maximum absolute atomic E-state index is 7.33. The molecule has 10 heteroatoms. The molecule has 4 N–H and O–H groups in total. The second kappa shape index (κ2) is 18.8. The Bertz CT molecular complexity index is 54.5. The molecule has 0 unspecified atom stereocenters. The SMILES string of the molecule is O[Si](O)(O)O.[AlH3].[Ca+2].[Fe].[H-].[H-].[H-].[H-].[H-].[Mg+2].[Na+]. The summed E-state index contributed by atoms with van der Waals surface area (Å²) in [4.78, 5) is 29.3. The fraction of sp³-hybridized carbons (Fsp3) is 0. The zero-order valence-corrected chi connectivity index (χ0v) is 12.8. The molecule has 0 heterocycles. The van der Waals surface area contributed by atoms with E-state index in [1.165, 1.54) is 0 Å². The topological polar surface area (TPSA) is 80.9 Å². The molecule has 0 atom stereocenters. The minimum Gasteiger partial charge on any atom is -1.00 e. The number of hydrogen-bond acceptors (Lipinski definition) is 4. The molecule has 0 radical (unpaired) electrons. The van der Waals surface area contributed by atoms with Gasteiger partial charge in [-0.15, -0.1) is 0 Å². The van der Waals surface area contributed by atoms with Crippen molar-refractivity contribution in [2.75, 3.05) is 0 Å². The van der Waals surface area contributed by atoms with E-state index in [4.69, 9.17) is 19.2 Å². The summed E-state index contributed by atoms with van der Waals surface area (Å²) in [6.45, 7) is 0. The van der Waals surface area contributed by atoms with Gasteiger partial charge in [0.2, 0.25) is 0 Å². The van der Waals surface area contributed by atoms with Crippen molar-refractivity contribution < 1.29 is 72.9 Å². The van der Waals surface area contributed by atoms with E-state index < -0.39 is 9.05 Å². The van der Waals surface area contributed by atoms with Gasteiger partial charge in [-0.1, -0.05) is 0 Å². The maximum atomic E-state index is 7.33. The summed E-state index contributed by atoms with van der Waals surface area (Å²) in [5.41, 5.74) is 0. The monoisotopic (exact) mass is 274 g/mol. The molecule has 0 fully saturated rings. The summed E-state index contributed by atoms with van der Waals surface area (Å²) in [5, 5.41) is 0. The third-order valence-corrected chi connectivity index (χ3v) is 0.